The van der Waals surface area contributed by atoms with Crippen LogP contribution in [-0.2, 0) is 34.3 Å². The van der Waals surface area contributed by atoms with Gasteiger partial charge in [-0.2, -0.15) is 0 Å². The minimum Gasteiger partial charge on any atom is -0.350 e. The predicted molar refractivity (Wildman–Crippen MR) is 122 cm³/mol. The lowest BCUT2D eigenvalue weighted by molar-refractivity contribution is -0.121. The van der Waals surface area contributed by atoms with Crippen LogP contribution < -0.4 is 5.32 Å². The van der Waals surface area contributed by atoms with Crippen LogP contribution in [-0.4, -0.2) is 51.7 Å². The smallest absolute Gasteiger partial charge is 0.242 e. The van der Waals surface area contributed by atoms with Gasteiger partial charge in [0, 0.05) is 45.9 Å². The van der Waals surface area contributed by atoms with E-state index in [1.165, 1.54) is 18.4 Å². The lowest BCUT2D eigenvalue weighted by atomic mass is 10.2. The summed E-state index contributed by atoms with van der Waals surface area (Å²) >= 11 is 0. The monoisotopic (exact) mass is 454 g/mol. The second-order valence-corrected chi connectivity index (χ2v) is 9.84. The molecule has 0 saturated carbocycles. The average Bonchev–Trinajstić information content (AvgIpc) is 3.35. The van der Waals surface area contributed by atoms with E-state index in [4.69, 9.17) is 0 Å². The van der Waals surface area contributed by atoms with Gasteiger partial charge in [-0.15, -0.1) is 0 Å². The molecule has 1 N–H and O–H groups in total. The SMILES string of the molecule is CCn1c(CCC(=O)NCc2cn3ccccc3n2)nc2cc(S(=O)(=O)N(C)C)ccc21. The van der Waals surface area contributed by atoms with Crippen LogP contribution in [0.4, 0.5) is 0 Å². The molecule has 1 amide bonds. The number of nitrogens with zero attached hydrogens (tertiary/aromatic N) is 5. The molecule has 0 spiro atoms. The lowest BCUT2D eigenvalue weighted by Gasteiger charge is -2.11. The summed E-state index contributed by atoms with van der Waals surface area (Å²) in [5.74, 6) is 0.664. The number of sulfonamides is 1. The Bertz CT molecular complexity index is 1350. The third-order valence-corrected chi connectivity index (χ3v) is 7.16. The molecule has 0 unspecified atom stereocenters. The summed E-state index contributed by atoms with van der Waals surface area (Å²) < 4.78 is 30.0. The van der Waals surface area contributed by atoms with Gasteiger partial charge in [-0.05, 0) is 37.3 Å². The minimum atomic E-state index is -3.54. The molecule has 0 radical (unpaired) electrons. The molecule has 0 aliphatic carbocycles. The van der Waals surface area contributed by atoms with Crippen molar-refractivity contribution in [3.8, 4) is 0 Å². The van der Waals surface area contributed by atoms with Crippen molar-refractivity contribution in [2.24, 2.45) is 0 Å². The standard InChI is InChI=1S/C22H26N6O3S/c1-4-28-19-9-8-17(32(30,31)26(2)3)13-18(19)25-21(28)10-11-22(29)23-14-16-15-27-12-6-5-7-20(27)24-16/h5-9,12-13,15H,4,10-11,14H2,1-3H3,(H,23,29). The Labute approximate surface area is 186 Å². The molecule has 9 nitrogen and oxygen atoms in total. The van der Waals surface area contributed by atoms with Crippen LogP contribution in [0, 0.1) is 0 Å². The first-order chi connectivity index (χ1) is 15.3. The van der Waals surface area contributed by atoms with Crippen LogP contribution >= 0.6 is 0 Å². The normalized spacial score (nSPS) is 12.1. The fourth-order valence-electron chi connectivity index (χ4n) is 3.65. The Morgan fingerprint density at radius 2 is 1.97 bits per heavy atom. The van der Waals surface area contributed by atoms with Crippen molar-refractivity contribution in [3.05, 3.63) is 60.3 Å². The molecule has 0 saturated heterocycles. The van der Waals surface area contributed by atoms with E-state index in [2.05, 4.69) is 15.3 Å². The number of rotatable bonds is 8. The fourth-order valence-corrected chi connectivity index (χ4v) is 4.57. The Hall–Kier alpha value is -3.24. The summed E-state index contributed by atoms with van der Waals surface area (Å²) in [5.41, 5.74) is 3.09. The number of aromatic nitrogens is 4. The zero-order valence-corrected chi connectivity index (χ0v) is 19.1. The number of carbonyl (C=O) groups is 1. The molecule has 10 heteroatoms. The molecule has 0 bridgehead atoms. The van der Waals surface area contributed by atoms with Crippen LogP contribution in [0.25, 0.3) is 16.7 Å². The van der Waals surface area contributed by atoms with Gasteiger partial charge in [-0.1, -0.05) is 6.07 Å². The average molecular weight is 455 g/mol. The fraction of sp³-hybridized carbons (Fsp3) is 0.318. The highest BCUT2D eigenvalue weighted by Gasteiger charge is 2.19. The molecule has 3 heterocycles. The summed E-state index contributed by atoms with van der Waals surface area (Å²) in [4.78, 5) is 21.7. The third-order valence-electron chi connectivity index (χ3n) is 5.35. The van der Waals surface area contributed by atoms with Gasteiger partial charge in [0.15, 0.2) is 0 Å². The number of hydrogen-bond acceptors (Lipinski definition) is 5. The predicted octanol–water partition coefficient (Wildman–Crippen LogP) is 2.20. The minimum absolute atomic E-state index is 0.0901. The van der Waals surface area contributed by atoms with E-state index < -0.39 is 10.0 Å². The van der Waals surface area contributed by atoms with E-state index in [0.717, 1.165) is 22.7 Å². The van der Waals surface area contributed by atoms with Gasteiger partial charge in [-0.25, -0.2) is 22.7 Å². The van der Waals surface area contributed by atoms with E-state index in [0.29, 0.717) is 25.0 Å². The second-order valence-electron chi connectivity index (χ2n) is 7.69. The number of carbonyl (C=O) groups excluding carboxylic acids is 1. The number of benzene rings is 1. The van der Waals surface area contributed by atoms with Gasteiger partial charge in [0.05, 0.1) is 28.2 Å². The maximum Gasteiger partial charge on any atom is 0.242 e. The van der Waals surface area contributed by atoms with E-state index in [1.807, 2.05) is 46.5 Å². The molecule has 32 heavy (non-hydrogen) atoms. The van der Waals surface area contributed by atoms with Gasteiger partial charge in [0.1, 0.15) is 11.5 Å². The third kappa shape index (κ3) is 4.23. The van der Waals surface area contributed by atoms with E-state index in [-0.39, 0.29) is 17.2 Å². The molecule has 0 aliphatic heterocycles. The molecule has 0 fully saturated rings. The Kier molecular flexibility index (Phi) is 5.98. The van der Waals surface area contributed by atoms with Crippen molar-refractivity contribution >= 4 is 32.6 Å². The maximum atomic E-state index is 12.4. The molecular formula is C22H26N6O3S. The molecular weight excluding hydrogens is 428 g/mol. The highest BCUT2D eigenvalue weighted by Crippen LogP contribution is 2.22. The first kappa shape index (κ1) is 22.0. The first-order valence-electron chi connectivity index (χ1n) is 10.4. The number of fused-ring (bicyclic) bond motifs is 2. The van der Waals surface area contributed by atoms with Crippen molar-refractivity contribution in [1.29, 1.82) is 0 Å². The summed E-state index contributed by atoms with van der Waals surface area (Å²) in [6.07, 6.45) is 4.54. The Morgan fingerprint density at radius 1 is 1.16 bits per heavy atom. The second kappa shape index (κ2) is 8.71. The zero-order chi connectivity index (χ0) is 22.9. The number of pyridine rings is 1. The highest BCUT2D eigenvalue weighted by molar-refractivity contribution is 7.89. The first-order valence-corrected chi connectivity index (χ1v) is 11.8. The van der Waals surface area contributed by atoms with Crippen LogP contribution in [0.3, 0.4) is 0 Å². The number of imidazole rings is 2. The topological polar surface area (TPSA) is 102 Å². The van der Waals surface area contributed by atoms with Crippen LogP contribution in [0.15, 0.2) is 53.7 Å². The number of aryl methyl sites for hydroxylation is 2. The molecule has 1 aromatic carbocycles. The van der Waals surface area contributed by atoms with Crippen molar-refractivity contribution in [3.63, 3.8) is 0 Å². The van der Waals surface area contributed by atoms with Crippen molar-refractivity contribution < 1.29 is 13.2 Å². The Balaban J connectivity index is 1.45. The van der Waals surface area contributed by atoms with Gasteiger partial charge >= 0.3 is 0 Å². The summed E-state index contributed by atoms with van der Waals surface area (Å²) in [5, 5.41) is 2.91. The number of nitrogens with one attached hydrogen (secondary N) is 1. The van der Waals surface area contributed by atoms with E-state index >= 15 is 0 Å². The summed E-state index contributed by atoms with van der Waals surface area (Å²) in [6, 6.07) is 10.7. The van der Waals surface area contributed by atoms with Gasteiger partial charge in [0.25, 0.3) is 0 Å². The number of hydrogen-bond donors (Lipinski definition) is 1. The molecule has 168 valence electrons. The maximum absolute atomic E-state index is 12.4. The van der Waals surface area contributed by atoms with E-state index in [1.54, 1.807) is 18.2 Å². The number of amides is 1. The summed E-state index contributed by atoms with van der Waals surface area (Å²) in [6.45, 7) is 3.03. The van der Waals surface area contributed by atoms with Crippen molar-refractivity contribution in [2.45, 2.75) is 37.8 Å². The zero-order valence-electron chi connectivity index (χ0n) is 18.3. The van der Waals surface area contributed by atoms with Crippen LogP contribution in [0.2, 0.25) is 0 Å². The summed E-state index contributed by atoms with van der Waals surface area (Å²) in [7, 11) is -0.535. The van der Waals surface area contributed by atoms with Gasteiger partial charge < -0.3 is 14.3 Å². The van der Waals surface area contributed by atoms with Gasteiger partial charge in [-0.3, -0.25) is 4.79 Å². The van der Waals surface area contributed by atoms with Gasteiger partial charge in [0.2, 0.25) is 15.9 Å². The van der Waals surface area contributed by atoms with Crippen molar-refractivity contribution in [1.82, 2.24) is 28.6 Å². The Morgan fingerprint density at radius 3 is 2.69 bits per heavy atom. The largest absolute Gasteiger partial charge is 0.350 e. The van der Waals surface area contributed by atoms with Crippen molar-refractivity contribution in [2.75, 3.05) is 14.1 Å². The van der Waals surface area contributed by atoms with E-state index in [9.17, 15) is 13.2 Å². The molecule has 0 atom stereocenters. The molecule has 3 aromatic heterocycles. The lowest BCUT2D eigenvalue weighted by Crippen LogP contribution is -2.23. The molecule has 0 aliphatic rings. The quantitative estimate of drug-likeness (QED) is 0.440. The van der Waals surface area contributed by atoms with Crippen LogP contribution in [0.5, 0.6) is 0 Å². The van der Waals surface area contributed by atoms with Crippen LogP contribution in [0.1, 0.15) is 24.9 Å². The highest BCUT2D eigenvalue weighted by atomic mass is 32.2. The molecule has 4 rings (SSSR count). The molecule has 4 aromatic rings.